The van der Waals surface area contributed by atoms with Crippen LogP contribution in [0.4, 0.5) is 0 Å². The Morgan fingerprint density at radius 1 is 1.23 bits per heavy atom. The van der Waals surface area contributed by atoms with Crippen molar-refractivity contribution in [2.45, 2.75) is 25.4 Å². The first-order chi connectivity index (χ1) is 12.7. The summed E-state index contributed by atoms with van der Waals surface area (Å²) in [6.45, 7) is 2.88. The van der Waals surface area contributed by atoms with Crippen molar-refractivity contribution in [3.8, 4) is 23.1 Å². The van der Waals surface area contributed by atoms with E-state index in [1.165, 1.54) is 5.56 Å². The second-order valence-electron chi connectivity index (χ2n) is 6.91. The molecule has 1 aliphatic rings. The molecule has 4 rings (SSSR count). The Bertz CT molecular complexity index is 847. The maximum Gasteiger partial charge on any atom is 0.297 e. The van der Waals surface area contributed by atoms with E-state index in [2.05, 4.69) is 56.7 Å². The molecule has 0 aliphatic carbocycles. The summed E-state index contributed by atoms with van der Waals surface area (Å²) in [6, 6.07) is 8.50. The van der Waals surface area contributed by atoms with E-state index in [-0.39, 0.29) is 0 Å². The summed E-state index contributed by atoms with van der Waals surface area (Å²) in [6.07, 6.45) is 3.99. The molecule has 0 radical (unpaired) electrons. The molecular weight excluding hydrogens is 330 g/mol. The van der Waals surface area contributed by atoms with Crippen LogP contribution in [0.15, 0.2) is 35.1 Å². The average Bonchev–Trinajstić information content (AvgIpc) is 3.32. The molecule has 0 saturated carbocycles. The van der Waals surface area contributed by atoms with Gasteiger partial charge in [-0.2, -0.15) is 4.98 Å². The molecular formula is C18H23N7O. The van der Waals surface area contributed by atoms with Crippen molar-refractivity contribution in [1.82, 2.24) is 35.1 Å². The third-order valence-corrected chi connectivity index (χ3v) is 4.48. The lowest BCUT2D eigenvalue weighted by Gasteiger charge is -2.22. The largest absolute Gasteiger partial charge is 0.330 e. The van der Waals surface area contributed by atoms with Crippen LogP contribution in [0.1, 0.15) is 24.4 Å². The van der Waals surface area contributed by atoms with Crippen molar-refractivity contribution >= 4 is 0 Å². The van der Waals surface area contributed by atoms with Crippen molar-refractivity contribution in [2.24, 2.45) is 0 Å². The first-order valence-electron chi connectivity index (χ1n) is 8.89. The van der Waals surface area contributed by atoms with Gasteiger partial charge in [-0.05, 0) is 39.0 Å². The highest BCUT2D eigenvalue weighted by Crippen LogP contribution is 2.22. The highest BCUT2D eigenvalue weighted by Gasteiger charge is 2.19. The predicted octanol–water partition coefficient (Wildman–Crippen LogP) is 1.98. The smallest absolute Gasteiger partial charge is 0.297 e. The zero-order chi connectivity index (χ0) is 17.9. The molecule has 26 heavy (non-hydrogen) atoms. The molecule has 8 nitrogen and oxygen atoms in total. The van der Waals surface area contributed by atoms with E-state index >= 15 is 0 Å². The number of piperidine rings is 1. The molecule has 1 aliphatic heterocycles. The number of hydrogen-bond acceptors (Lipinski definition) is 7. The van der Waals surface area contributed by atoms with Crippen LogP contribution < -0.4 is 5.32 Å². The lowest BCUT2D eigenvalue weighted by Crippen LogP contribution is -2.31. The minimum atomic E-state index is 0.330. The zero-order valence-corrected chi connectivity index (χ0v) is 15.1. The summed E-state index contributed by atoms with van der Waals surface area (Å²) < 4.78 is 7.27. The summed E-state index contributed by atoms with van der Waals surface area (Å²) in [7, 11) is 4.10. The van der Waals surface area contributed by atoms with Gasteiger partial charge in [0.05, 0.1) is 6.04 Å². The minimum absolute atomic E-state index is 0.330. The molecule has 1 aromatic carbocycles. The Balaban J connectivity index is 1.50. The molecule has 1 saturated heterocycles. The molecule has 1 fully saturated rings. The first-order valence-corrected chi connectivity index (χ1v) is 8.89. The molecule has 0 bridgehead atoms. The van der Waals surface area contributed by atoms with Gasteiger partial charge in [-0.1, -0.05) is 29.4 Å². The van der Waals surface area contributed by atoms with Crippen molar-refractivity contribution in [1.29, 1.82) is 0 Å². The van der Waals surface area contributed by atoms with Gasteiger partial charge in [-0.15, -0.1) is 5.10 Å². The lowest BCUT2D eigenvalue weighted by atomic mass is 10.1. The van der Waals surface area contributed by atoms with Crippen LogP contribution in [0.3, 0.4) is 0 Å². The number of nitrogens with zero attached hydrogens (tertiary/aromatic N) is 6. The second kappa shape index (κ2) is 7.35. The maximum absolute atomic E-state index is 5.38. The lowest BCUT2D eigenvalue weighted by molar-refractivity contribution is 0.345. The van der Waals surface area contributed by atoms with Gasteiger partial charge in [0.15, 0.2) is 0 Å². The first kappa shape index (κ1) is 16.9. The summed E-state index contributed by atoms with van der Waals surface area (Å²) in [5, 5.41) is 12.0. The van der Waals surface area contributed by atoms with Gasteiger partial charge in [-0.25, -0.2) is 9.67 Å². The summed E-state index contributed by atoms with van der Waals surface area (Å²) in [4.78, 5) is 10.9. The van der Waals surface area contributed by atoms with Crippen LogP contribution in [-0.4, -0.2) is 57.0 Å². The van der Waals surface area contributed by atoms with Gasteiger partial charge >= 0.3 is 0 Å². The minimum Gasteiger partial charge on any atom is -0.330 e. The molecule has 136 valence electrons. The highest BCUT2D eigenvalue weighted by molar-refractivity contribution is 5.57. The van der Waals surface area contributed by atoms with Gasteiger partial charge in [-0.3, -0.25) is 0 Å². The molecule has 1 unspecified atom stereocenters. The number of nitrogens with one attached hydrogen (secondary N) is 1. The van der Waals surface area contributed by atoms with Crippen LogP contribution in [0.5, 0.6) is 0 Å². The fraction of sp³-hybridized carbons (Fsp3) is 0.444. The van der Waals surface area contributed by atoms with E-state index in [0.29, 0.717) is 23.6 Å². The highest BCUT2D eigenvalue weighted by atomic mass is 16.5. The third kappa shape index (κ3) is 3.66. The Morgan fingerprint density at radius 2 is 2.08 bits per heavy atom. The average molecular weight is 353 g/mol. The fourth-order valence-corrected chi connectivity index (χ4v) is 3.16. The van der Waals surface area contributed by atoms with E-state index in [1.807, 2.05) is 16.8 Å². The molecule has 0 spiro atoms. The van der Waals surface area contributed by atoms with Crippen molar-refractivity contribution in [3.05, 3.63) is 36.2 Å². The monoisotopic (exact) mass is 353 g/mol. The van der Waals surface area contributed by atoms with Crippen molar-refractivity contribution in [2.75, 3.05) is 27.2 Å². The Morgan fingerprint density at radius 3 is 2.81 bits per heavy atom. The molecule has 0 amide bonds. The topological polar surface area (TPSA) is 84.9 Å². The molecule has 1 N–H and O–H groups in total. The predicted molar refractivity (Wildman–Crippen MR) is 97.3 cm³/mol. The molecule has 3 aromatic rings. The summed E-state index contributed by atoms with van der Waals surface area (Å²) >= 11 is 0. The van der Waals surface area contributed by atoms with E-state index in [0.717, 1.165) is 38.0 Å². The van der Waals surface area contributed by atoms with E-state index in [1.54, 1.807) is 6.33 Å². The Labute approximate surface area is 152 Å². The van der Waals surface area contributed by atoms with Crippen LogP contribution in [0.2, 0.25) is 0 Å². The summed E-state index contributed by atoms with van der Waals surface area (Å²) in [5.74, 6) is 1.37. The maximum atomic E-state index is 5.38. The summed E-state index contributed by atoms with van der Waals surface area (Å²) in [5.41, 5.74) is 2.15. The quantitative estimate of drug-likeness (QED) is 0.751. The van der Waals surface area contributed by atoms with Gasteiger partial charge in [0.25, 0.3) is 5.89 Å². The molecule has 1 atom stereocenters. The molecule has 8 heteroatoms. The fourth-order valence-electron chi connectivity index (χ4n) is 3.16. The van der Waals surface area contributed by atoms with Crippen LogP contribution in [-0.2, 0) is 6.54 Å². The zero-order valence-electron chi connectivity index (χ0n) is 15.1. The molecule has 3 heterocycles. The Hall–Kier alpha value is -2.58. The number of benzene rings is 1. The van der Waals surface area contributed by atoms with Gasteiger partial charge in [0.2, 0.25) is 11.6 Å². The number of aromatic nitrogens is 5. The molecule has 2 aromatic heterocycles. The van der Waals surface area contributed by atoms with Gasteiger partial charge in [0.1, 0.15) is 6.33 Å². The van der Waals surface area contributed by atoms with E-state index in [4.69, 9.17) is 4.52 Å². The SMILES string of the molecule is CN(C)Cc1ccc(-c2noc(-c3ncn(C4CCCNC4)n3)n2)cc1. The third-order valence-electron chi connectivity index (χ3n) is 4.48. The number of hydrogen-bond donors (Lipinski definition) is 1. The van der Waals surface area contributed by atoms with Crippen molar-refractivity contribution in [3.63, 3.8) is 0 Å². The normalized spacial score (nSPS) is 17.7. The Kier molecular flexibility index (Phi) is 4.77. The van der Waals surface area contributed by atoms with Crippen LogP contribution in [0, 0.1) is 0 Å². The standard InChI is InChI=1S/C18H23N7O/c1-24(2)11-13-5-7-14(8-6-13)16-21-18(26-23-16)17-20-12-25(22-17)15-4-3-9-19-10-15/h5-8,12,15,19H,3-4,9-11H2,1-2H3. The van der Waals surface area contributed by atoms with E-state index < -0.39 is 0 Å². The second-order valence-corrected chi connectivity index (χ2v) is 6.91. The van der Waals surface area contributed by atoms with Crippen LogP contribution in [0.25, 0.3) is 23.1 Å². The van der Waals surface area contributed by atoms with Crippen molar-refractivity contribution < 1.29 is 4.52 Å². The van der Waals surface area contributed by atoms with Crippen LogP contribution >= 0.6 is 0 Å². The number of rotatable bonds is 5. The van der Waals surface area contributed by atoms with Gasteiger partial charge in [0, 0.05) is 18.7 Å². The van der Waals surface area contributed by atoms with Gasteiger partial charge < -0.3 is 14.7 Å². The van der Waals surface area contributed by atoms with E-state index in [9.17, 15) is 0 Å².